The lowest BCUT2D eigenvalue weighted by Gasteiger charge is -2.21. The standard InChI is InChI=1S/C14H18Cl2N2O/c15-11-6-5-7-12(16)14(11)17-10-13(19)18-8-3-1-2-4-9-18/h5-7,17H,1-4,8-10H2. The van der Waals surface area contributed by atoms with E-state index in [4.69, 9.17) is 23.2 Å². The summed E-state index contributed by atoms with van der Waals surface area (Å²) in [6.07, 6.45) is 4.62. The van der Waals surface area contributed by atoms with E-state index in [2.05, 4.69) is 5.32 Å². The maximum atomic E-state index is 12.1. The number of para-hydroxylation sites is 1. The molecule has 1 aliphatic rings. The normalized spacial score (nSPS) is 16.0. The molecule has 3 nitrogen and oxygen atoms in total. The van der Waals surface area contributed by atoms with E-state index in [0.717, 1.165) is 25.9 Å². The van der Waals surface area contributed by atoms with Gasteiger partial charge in [0.05, 0.1) is 22.3 Å². The van der Waals surface area contributed by atoms with Gasteiger partial charge in [-0.15, -0.1) is 0 Å². The molecule has 1 heterocycles. The van der Waals surface area contributed by atoms with Gasteiger partial charge in [0.15, 0.2) is 0 Å². The number of hydrogen-bond acceptors (Lipinski definition) is 2. The molecule has 0 aromatic heterocycles. The van der Waals surface area contributed by atoms with Crippen LogP contribution >= 0.6 is 23.2 Å². The smallest absolute Gasteiger partial charge is 0.241 e. The van der Waals surface area contributed by atoms with Crippen LogP contribution in [-0.4, -0.2) is 30.4 Å². The molecule has 104 valence electrons. The summed E-state index contributed by atoms with van der Waals surface area (Å²) in [6, 6.07) is 5.30. The molecule has 0 atom stereocenters. The zero-order chi connectivity index (χ0) is 13.7. The number of amides is 1. The summed E-state index contributed by atoms with van der Waals surface area (Å²) in [6.45, 7) is 1.96. The summed E-state index contributed by atoms with van der Waals surface area (Å²) in [7, 11) is 0. The maximum absolute atomic E-state index is 12.1. The molecule has 0 unspecified atom stereocenters. The Hall–Kier alpha value is -0.930. The summed E-state index contributed by atoms with van der Waals surface area (Å²) < 4.78 is 0. The topological polar surface area (TPSA) is 32.3 Å². The maximum Gasteiger partial charge on any atom is 0.241 e. The minimum Gasteiger partial charge on any atom is -0.374 e. The zero-order valence-electron chi connectivity index (χ0n) is 10.8. The molecular formula is C14H18Cl2N2O. The number of rotatable bonds is 3. The number of carbonyl (C=O) groups is 1. The van der Waals surface area contributed by atoms with Crippen LogP contribution in [-0.2, 0) is 4.79 Å². The molecule has 1 aromatic carbocycles. The number of carbonyl (C=O) groups excluding carboxylic acids is 1. The van der Waals surface area contributed by atoms with Gasteiger partial charge in [-0.05, 0) is 25.0 Å². The number of hydrogen-bond donors (Lipinski definition) is 1. The predicted molar refractivity (Wildman–Crippen MR) is 80.0 cm³/mol. The Kier molecular flexibility index (Phi) is 5.34. The molecule has 2 rings (SSSR count). The number of halogens is 2. The van der Waals surface area contributed by atoms with Crippen molar-refractivity contribution in [1.82, 2.24) is 4.90 Å². The Bertz CT molecular complexity index is 423. The molecule has 1 fully saturated rings. The lowest BCUT2D eigenvalue weighted by atomic mass is 10.2. The van der Waals surface area contributed by atoms with E-state index >= 15 is 0 Å². The third-order valence-corrected chi connectivity index (χ3v) is 3.97. The second-order valence-electron chi connectivity index (χ2n) is 4.75. The lowest BCUT2D eigenvalue weighted by molar-refractivity contribution is -0.129. The van der Waals surface area contributed by atoms with Crippen LogP contribution in [0.25, 0.3) is 0 Å². The summed E-state index contributed by atoms with van der Waals surface area (Å²) >= 11 is 12.1. The van der Waals surface area contributed by atoms with Crippen LogP contribution < -0.4 is 5.32 Å². The Balaban J connectivity index is 1.92. The van der Waals surface area contributed by atoms with Crippen LogP contribution in [0.1, 0.15) is 25.7 Å². The van der Waals surface area contributed by atoms with Crippen molar-refractivity contribution in [2.75, 3.05) is 25.0 Å². The van der Waals surface area contributed by atoms with Gasteiger partial charge < -0.3 is 10.2 Å². The molecule has 5 heteroatoms. The van der Waals surface area contributed by atoms with E-state index in [9.17, 15) is 4.79 Å². The summed E-state index contributed by atoms with van der Waals surface area (Å²) in [4.78, 5) is 14.0. The van der Waals surface area contributed by atoms with Crippen molar-refractivity contribution < 1.29 is 4.79 Å². The van der Waals surface area contributed by atoms with Crippen LogP contribution in [0.4, 0.5) is 5.69 Å². The molecule has 1 saturated heterocycles. The molecular weight excluding hydrogens is 283 g/mol. The first-order chi connectivity index (χ1) is 9.18. The van der Waals surface area contributed by atoms with Crippen LogP contribution in [0.2, 0.25) is 10.0 Å². The van der Waals surface area contributed by atoms with Crippen LogP contribution in [0, 0.1) is 0 Å². The Morgan fingerprint density at radius 2 is 1.68 bits per heavy atom. The highest BCUT2D eigenvalue weighted by molar-refractivity contribution is 6.39. The van der Waals surface area contributed by atoms with Gasteiger partial charge in [-0.2, -0.15) is 0 Å². The minimum atomic E-state index is 0.109. The first-order valence-electron chi connectivity index (χ1n) is 6.64. The van der Waals surface area contributed by atoms with Crippen molar-refractivity contribution >= 4 is 34.8 Å². The van der Waals surface area contributed by atoms with Crippen molar-refractivity contribution in [3.8, 4) is 0 Å². The van der Waals surface area contributed by atoms with E-state index in [0.29, 0.717) is 15.7 Å². The molecule has 0 radical (unpaired) electrons. The molecule has 19 heavy (non-hydrogen) atoms. The predicted octanol–water partition coefficient (Wildman–Crippen LogP) is 3.81. The first kappa shape index (κ1) is 14.5. The summed E-state index contributed by atoms with van der Waals surface area (Å²) in [5, 5.41) is 4.12. The second kappa shape index (κ2) is 7.01. The third kappa shape index (κ3) is 4.02. The largest absolute Gasteiger partial charge is 0.374 e. The van der Waals surface area contributed by atoms with Gasteiger partial charge in [0.1, 0.15) is 0 Å². The fraction of sp³-hybridized carbons (Fsp3) is 0.500. The van der Waals surface area contributed by atoms with Gasteiger partial charge in [0.25, 0.3) is 0 Å². The van der Waals surface area contributed by atoms with Crippen molar-refractivity contribution in [3.05, 3.63) is 28.2 Å². The molecule has 1 amide bonds. The first-order valence-corrected chi connectivity index (χ1v) is 7.40. The average Bonchev–Trinajstić information content (AvgIpc) is 2.66. The van der Waals surface area contributed by atoms with Crippen molar-refractivity contribution in [2.24, 2.45) is 0 Å². The van der Waals surface area contributed by atoms with Crippen molar-refractivity contribution in [1.29, 1.82) is 0 Å². The summed E-state index contributed by atoms with van der Waals surface area (Å²) in [5.74, 6) is 0.109. The van der Waals surface area contributed by atoms with Gasteiger partial charge in [-0.3, -0.25) is 4.79 Å². The van der Waals surface area contributed by atoms with Gasteiger partial charge >= 0.3 is 0 Å². The van der Waals surface area contributed by atoms with E-state index < -0.39 is 0 Å². The van der Waals surface area contributed by atoms with Crippen molar-refractivity contribution in [2.45, 2.75) is 25.7 Å². The van der Waals surface area contributed by atoms with Crippen LogP contribution in [0.3, 0.4) is 0 Å². The zero-order valence-corrected chi connectivity index (χ0v) is 12.3. The monoisotopic (exact) mass is 300 g/mol. The highest BCUT2D eigenvalue weighted by Crippen LogP contribution is 2.29. The van der Waals surface area contributed by atoms with E-state index in [1.54, 1.807) is 18.2 Å². The third-order valence-electron chi connectivity index (χ3n) is 3.34. The van der Waals surface area contributed by atoms with Crippen LogP contribution in [0.15, 0.2) is 18.2 Å². The quantitative estimate of drug-likeness (QED) is 0.920. The Morgan fingerprint density at radius 3 is 2.26 bits per heavy atom. The number of likely N-dealkylation sites (tertiary alicyclic amines) is 1. The molecule has 1 aromatic rings. The van der Waals surface area contributed by atoms with Gasteiger partial charge in [-0.1, -0.05) is 42.1 Å². The van der Waals surface area contributed by atoms with Crippen LogP contribution in [0.5, 0.6) is 0 Å². The highest BCUT2D eigenvalue weighted by Gasteiger charge is 2.15. The Labute approximate surface area is 123 Å². The fourth-order valence-corrected chi connectivity index (χ4v) is 2.79. The van der Waals surface area contributed by atoms with Gasteiger partial charge in [-0.25, -0.2) is 0 Å². The molecule has 0 spiro atoms. The lowest BCUT2D eigenvalue weighted by Crippen LogP contribution is -2.36. The summed E-state index contributed by atoms with van der Waals surface area (Å²) in [5.41, 5.74) is 0.633. The SMILES string of the molecule is O=C(CNc1c(Cl)cccc1Cl)N1CCCCCC1. The van der Waals surface area contributed by atoms with Gasteiger partial charge in [0.2, 0.25) is 5.91 Å². The minimum absolute atomic E-state index is 0.109. The number of nitrogens with one attached hydrogen (secondary N) is 1. The molecule has 0 aliphatic carbocycles. The van der Waals surface area contributed by atoms with Gasteiger partial charge in [0, 0.05) is 13.1 Å². The number of nitrogens with zero attached hydrogens (tertiary/aromatic N) is 1. The molecule has 1 aliphatic heterocycles. The number of benzene rings is 1. The molecule has 0 saturated carbocycles. The number of anilines is 1. The van der Waals surface area contributed by atoms with Crippen molar-refractivity contribution in [3.63, 3.8) is 0 Å². The van der Waals surface area contributed by atoms with E-state index in [1.807, 2.05) is 4.90 Å². The fourth-order valence-electron chi connectivity index (χ4n) is 2.26. The van der Waals surface area contributed by atoms with E-state index in [-0.39, 0.29) is 12.5 Å². The Morgan fingerprint density at radius 1 is 1.11 bits per heavy atom. The highest BCUT2D eigenvalue weighted by atomic mass is 35.5. The second-order valence-corrected chi connectivity index (χ2v) is 5.56. The van der Waals surface area contributed by atoms with E-state index in [1.165, 1.54) is 12.8 Å². The average molecular weight is 301 g/mol. The molecule has 0 bridgehead atoms. The molecule has 1 N–H and O–H groups in total.